The van der Waals surface area contributed by atoms with Crippen LogP contribution in [0.3, 0.4) is 0 Å². The zero-order chi connectivity index (χ0) is 12.3. The van der Waals surface area contributed by atoms with Crippen molar-refractivity contribution >= 4 is 0 Å². The first-order valence-electron chi connectivity index (χ1n) is 7.36. The standard InChI is InChI=1S/C14H28N2O/c1-3-8-14(4-2,11-15)16-9-10-17-13-7-5-6-12(13)16/h12-13H,3-11,15H2,1-2H3. The van der Waals surface area contributed by atoms with Gasteiger partial charge in [0, 0.05) is 24.7 Å². The van der Waals surface area contributed by atoms with Gasteiger partial charge in [0.1, 0.15) is 0 Å². The normalized spacial score (nSPS) is 33.4. The van der Waals surface area contributed by atoms with E-state index in [9.17, 15) is 0 Å². The molecule has 2 fully saturated rings. The summed E-state index contributed by atoms with van der Waals surface area (Å²) < 4.78 is 5.91. The van der Waals surface area contributed by atoms with Gasteiger partial charge in [-0.05, 0) is 32.1 Å². The Bertz CT molecular complexity index is 240. The van der Waals surface area contributed by atoms with Crippen LogP contribution in [0.2, 0.25) is 0 Å². The minimum atomic E-state index is 0.228. The molecule has 0 bridgehead atoms. The highest BCUT2D eigenvalue weighted by molar-refractivity contribution is 4.99. The number of nitrogens with two attached hydrogens (primary N) is 1. The smallest absolute Gasteiger partial charge is 0.0731 e. The van der Waals surface area contributed by atoms with Crippen LogP contribution in [0.1, 0.15) is 52.4 Å². The third-order valence-electron chi connectivity index (χ3n) is 4.84. The van der Waals surface area contributed by atoms with E-state index in [1.165, 1.54) is 38.5 Å². The third-order valence-corrected chi connectivity index (χ3v) is 4.84. The topological polar surface area (TPSA) is 38.5 Å². The highest BCUT2D eigenvalue weighted by Crippen LogP contribution is 2.37. The zero-order valence-corrected chi connectivity index (χ0v) is 11.5. The van der Waals surface area contributed by atoms with E-state index in [2.05, 4.69) is 18.7 Å². The molecule has 1 saturated carbocycles. The van der Waals surface area contributed by atoms with Gasteiger partial charge in [-0.15, -0.1) is 0 Å². The first kappa shape index (κ1) is 13.3. The van der Waals surface area contributed by atoms with E-state index >= 15 is 0 Å². The average Bonchev–Trinajstić information content (AvgIpc) is 2.84. The lowest BCUT2D eigenvalue weighted by Crippen LogP contribution is -2.62. The van der Waals surface area contributed by atoms with Crippen LogP contribution in [0.4, 0.5) is 0 Å². The molecule has 3 unspecified atom stereocenters. The van der Waals surface area contributed by atoms with E-state index in [1.54, 1.807) is 0 Å². The van der Waals surface area contributed by atoms with Crippen molar-refractivity contribution in [3.63, 3.8) is 0 Å². The number of hydrogen-bond acceptors (Lipinski definition) is 3. The van der Waals surface area contributed by atoms with Gasteiger partial charge in [-0.25, -0.2) is 0 Å². The molecule has 0 spiro atoms. The molecule has 0 aromatic carbocycles. The number of fused-ring (bicyclic) bond motifs is 1. The quantitative estimate of drug-likeness (QED) is 0.800. The lowest BCUT2D eigenvalue weighted by atomic mass is 9.86. The lowest BCUT2D eigenvalue weighted by molar-refractivity contribution is -0.101. The van der Waals surface area contributed by atoms with Crippen molar-refractivity contribution in [2.24, 2.45) is 5.73 Å². The molecule has 17 heavy (non-hydrogen) atoms. The molecule has 2 rings (SSSR count). The van der Waals surface area contributed by atoms with E-state index < -0.39 is 0 Å². The van der Waals surface area contributed by atoms with E-state index in [4.69, 9.17) is 10.5 Å². The Hall–Kier alpha value is -0.120. The molecule has 100 valence electrons. The number of ether oxygens (including phenoxy) is 1. The Kier molecular flexibility index (Phi) is 4.45. The summed E-state index contributed by atoms with van der Waals surface area (Å²) in [4.78, 5) is 2.71. The van der Waals surface area contributed by atoms with Gasteiger partial charge >= 0.3 is 0 Å². The summed E-state index contributed by atoms with van der Waals surface area (Å²) >= 11 is 0. The number of morpholine rings is 1. The minimum absolute atomic E-state index is 0.228. The van der Waals surface area contributed by atoms with Crippen LogP contribution in [-0.4, -0.2) is 42.3 Å². The van der Waals surface area contributed by atoms with Crippen molar-refractivity contribution in [1.82, 2.24) is 4.90 Å². The highest BCUT2D eigenvalue weighted by Gasteiger charge is 2.44. The van der Waals surface area contributed by atoms with Gasteiger partial charge in [0.15, 0.2) is 0 Å². The molecule has 0 aromatic rings. The number of rotatable bonds is 5. The van der Waals surface area contributed by atoms with Crippen LogP contribution in [0.15, 0.2) is 0 Å². The van der Waals surface area contributed by atoms with Crippen molar-refractivity contribution in [2.45, 2.75) is 70.1 Å². The molecule has 3 heteroatoms. The van der Waals surface area contributed by atoms with Crippen LogP contribution >= 0.6 is 0 Å². The second-order valence-corrected chi connectivity index (χ2v) is 5.63. The van der Waals surface area contributed by atoms with Gasteiger partial charge in [-0.3, -0.25) is 4.90 Å². The summed E-state index contributed by atoms with van der Waals surface area (Å²) in [7, 11) is 0. The predicted molar refractivity (Wildman–Crippen MR) is 71.1 cm³/mol. The maximum Gasteiger partial charge on any atom is 0.0731 e. The van der Waals surface area contributed by atoms with Gasteiger partial charge in [0.2, 0.25) is 0 Å². The summed E-state index contributed by atoms with van der Waals surface area (Å²) in [6.45, 7) is 7.33. The molecule has 2 N–H and O–H groups in total. The summed E-state index contributed by atoms with van der Waals surface area (Å²) in [6, 6.07) is 0.638. The number of hydrogen-bond donors (Lipinski definition) is 1. The number of nitrogens with zero attached hydrogens (tertiary/aromatic N) is 1. The van der Waals surface area contributed by atoms with Crippen molar-refractivity contribution in [2.75, 3.05) is 19.7 Å². The molecule has 3 nitrogen and oxygen atoms in total. The fourth-order valence-electron chi connectivity index (χ4n) is 3.87. The van der Waals surface area contributed by atoms with Gasteiger partial charge in [-0.2, -0.15) is 0 Å². The van der Waals surface area contributed by atoms with Crippen molar-refractivity contribution < 1.29 is 4.74 Å². The van der Waals surface area contributed by atoms with Crippen molar-refractivity contribution in [1.29, 1.82) is 0 Å². The molecule has 2 aliphatic rings. The Morgan fingerprint density at radius 2 is 2.18 bits per heavy atom. The summed E-state index contributed by atoms with van der Waals surface area (Å²) in [5, 5.41) is 0. The minimum Gasteiger partial charge on any atom is -0.375 e. The monoisotopic (exact) mass is 240 g/mol. The van der Waals surface area contributed by atoms with E-state index in [1.807, 2.05) is 0 Å². The highest BCUT2D eigenvalue weighted by atomic mass is 16.5. The maximum atomic E-state index is 6.14. The fourth-order valence-corrected chi connectivity index (χ4v) is 3.87. The van der Waals surface area contributed by atoms with Gasteiger partial charge in [0.05, 0.1) is 12.7 Å². The maximum absolute atomic E-state index is 6.14. The molecule has 0 aromatic heterocycles. The van der Waals surface area contributed by atoms with Crippen molar-refractivity contribution in [3.05, 3.63) is 0 Å². The second kappa shape index (κ2) is 5.68. The van der Waals surface area contributed by atoms with Gasteiger partial charge in [0.25, 0.3) is 0 Å². The van der Waals surface area contributed by atoms with Crippen LogP contribution in [0.25, 0.3) is 0 Å². The fraction of sp³-hybridized carbons (Fsp3) is 1.00. The molecule has 3 atom stereocenters. The summed E-state index contributed by atoms with van der Waals surface area (Å²) in [5.41, 5.74) is 6.36. The van der Waals surface area contributed by atoms with Crippen LogP contribution in [0, 0.1) is 0 Å². The van der Waals surface area contributed by atoms with Gasteiger partial charge in [-0.1, -0.05) is 20.3 Å². The molecule has 0 amide bonds. The third kappa shape index (κ3) is 2.38. The molecule has 1 aliphatic carbocycles. The van der Waals surface area contributed by atoms with E-state index in [0.717, 1.165) is 19.7 Å². The first-order chi connectivity index (χ1) is 8.27. The van der Waals surface area contributed by atoms with E-state index in [-0.39, 0.29) is 5.54 Å². The molecular formula is C14H28N2O. The SMILES string of the molecule is CCCC(CC)(CN)N1CCOC2CCCC21. The molecule has 1 heterocycles. The Morgan fingerprint density at radius 1 is 1.35 bits per heavy atom. The molecular weight excluding hydrogens is 212 g/mol. The zero-order valence-electron chi connectivity index (χ0n) is 11.5. The van der Waals surface area contributed by atoms with Gasteiger partial charge < -0.3 is 10.5 Å². The Labute approximate surface area is 106 Å². The lowest BCUT2D eigenvalue weighted by Gasteiger charge is -2.50. The first-order valence-corrected chi connectivity index (χ1v) is 7.36. The summed E-state index contributed by atoms with van der Waals surface area (Å²) in [6.07, 6.45) is 7.97. The van der Waals surface area contributed by atoms with Crippen LogP contribution < -0.4 is 5.73 Å². The van der Waals surface area contributed by atoms with Crippen LogP contribution in [0.5, 0.6) is 0 Å². The largest absolute Gasteiger partial charge is 0.375 e. The van der Waals surface area contributed by atoms with Crippen molar-refractivity contribution in [3.8, 4) is 0 Å². The second-order valence-electron chi connectivity index (χ2n) is 5.63. The van der Waals surface area contributed by atoms with E-state index in [0.29, 0.717) is 12.1 Å². The predicted octanol–water partition coefficient (Wildman–Crippen LogP) is 2.15. The molecule has 0 radical (unpaired) electrons. The summed E-state index contributed by atoms with van der Waals surface area (Å²) in [5.74, 6) is 0. The average molecular weight is 240 g/mol. The Morgan fingerprint density at radius 3 is 2.82 bits per heavy atom. The van der Waals surface area contributed by atoms with Crippen LogP contribution in [-0.2, 0) is 4.74 Å². The molecule has 1 saturated heterocycles. The molecule has 1 aliphatic heterocycles. The Balaban J connectivity index is 2.16.